The maximum atomic E-state index is 5.31. The predicted octanol–water partition coefficient (Wildman–Crippen LogP) is -0.0911. The molecule has 2 rings (SSSR count). The van der Waals surface area contributed by atoms with Crippen molar-refractivity contribution in [3.05, 3.63) is 11.7 Å². The molecule has 1 aromatic heterocycles. The predicted molar refractivity (Wildman–Crippen MR) is 45.3 cm³/mol. The molecular weight excluding hydrogens is 170 g/mol. The fraction of sp³-hybridized carbons (Fsp3) is 0.750. The molecule has 0 saturated carbocycles. The zero-order valence-electron chi connectivity index (χ0n) is 7.62. The van der Waals surface area contributed by atoms with Crippen LogP contribution < -0.4 is 5.32 Å². The fourth-order valence-corrected chi connectivity index (χ4v) is 1.38. The van der Waals surface area contributed by atoms with Gasteiger partial charge in [0.2, 0.25) is 5.89 Å². The minimum absolute atomic E-state index is 0.314. The Bertz CT molecular complexity index is 268. The molecule has 1 saturated heterocycles. The van der Waals surface area contributed by atoms with Crippen LogP contribution in [-0.4, -0.2) is 35.9 Å². The van der Waals surface area contributed by atoms with E-state index in [1.165, 1.54) is 0 Å². The Hall–Kier alpha value is -0.940. The first-order chi connectivity index (χ1) is 6.34. The van der Waals surface area contributed by atoms with Gasteiger partial charge in [0.25, 0.3) is 0 Å². The average Bonchev–Trinajstić information content (AvgIpc) is 2.53. The largest absolute Gasteiger partial charge is 0.378 e. The van der Waals surface area contributed by atoms with Gasteiger partial charge in [-0.25, -0.2) is 0 Å². The van der Waals surface area contributed by atoms with Gasteiger partial charge in [0.1, 0.15) is 0 Å². The molecule has 1 N–H and O–H groups in total. The van der Waals surface area contributed by atoms with Crippen LogP contribution >= 0.6 is 0 Å². The number of aromatic nitrogens is 2. The first-order valence-corrected chi connectivity index (χ1v) is 4.45. The second-order valence-electron chi connectivity index (χ2n) is 3.17. The van der Waals surface area contributed by atoms with Gasteiger partial charge in [0.05, 0.1) is 13.2 Å². The quantitative estimate of drug-likeness (QED) is 0.694. The van der Waals surface area contributed by atoms with Crippen LogP contribution in [0.1, 0.15) is 11.7 Å². The van der Waals surface area contributed by atoms with E-state index in [1.54, 1.807) is 0 Å². The number of aryl methyl sites for hydroxylation is 1. The van der Waals surface area contributed by atoms with Gasteiger partial charge in [-0.1, -0.05) is 5.16 Å². The number of nitrogens with zero attached hydrogens (tertiary/aromatic N) is 2. The van der Waals surface area contributed by atoms with Gasteiger partial charge in [-0.2, -0.15) is 4.98 Å². The molecule has 13 heavy (non-hydrogen) atoms. The smallest absolute Gasteiger partial charge is 0.228 e. The van der Waals surface area contributed by atoms with Crippen molar-refractivity contribution < 1.29 is 9.26 Å². The molecule has 2 heterocycles. The summed E-state index contributed by atoms with van der Waals surface area (Å²) in [5.41, 5.74) is 0. The Morgan fingerprint density at radius 3 is 3.15 bits per heavy atom. The first kappa shape index (κ1) is 8.65. The molecular formula is C8H13N3O2. The van der Waals surface area contributed by atoms with Crippen molar-refractivity contribution in [2.75, 3.05) is 19.8 Å². The summed E-state index contributed by atoms with van der Waals surface area (Å²) in [6.07, 6.45) is 0.751. The van der Waals surface area contributed by atoms with E-state index >= 15 is 0 Å². The zero-order chi connectivity index (χ0) is 9.10. The summed E-state index contributed by atoms with van der Waals surface area (Å²) in [6.45, 7) is 4.23. The van der Waals surface area contributed by atoms with Gasteiger partial charge in [-0.3, -0.25) is 0 Å². The zero-order valence-corrected chi connectivity index (χ0v) is 7.62. The summed E-state index contributed by atoms with van der Waals surface area (Å²) in [6, 6.07) is 0.314. The number of ether oxygens (including phenoxy) is 1. The molecule has 5 heteroatoms. The van der Waals surface area contributed by atoms with Crippen LogP contribution in [-0.2, 0) is 11.2 Å². The van der Waals surface area contributed by atoms with Crippen LogP contribution in [0.25, 0.3) is 0 Å². The fourth-order valence-electron chi connectivity index (χ4n) is 1.38. The Labute approximate surface area is 76.5 Å². The lowest BCUT2D eigenvalue weighted by atomic mass is 10.2. The summed E-state index contributed by atoms with van der Waals surface area (Å²) in [5, 5.41) is 7.05. The van der Waals surface area contributed by atoms with Gasteiger partial charge >= 0.3 is 0 Å². The van der Waals surface area contributed by atoms with Gasteiger partial charge in [0, 0.05) is 19.0 Å². The molecule has 0 bridgehead atoms. The summed E-state index contributed by atoms with van der Waals surface area (Å²) < 4.78 is 10.3. The topological polar surface area (TPSA) is 60.2 Å². The van der Waals surface area contributed by atoms with E-state index < -0.39 is 0 Å². The molecule has 0 radical (unpaired) electrons. The molecule has 1 aromatic rings. The van der Waals surface area contributed by atoms with Gasteiger partial charge < -0.3 is 14.6 Å². The third-order valence-corrected chi connectivity index (χ3v) is 1.99. The van der Waals surface area contributed by atoms with Crippen molar-refractivity contribution in [3.63, 3.8) is 0 Å². The van der Waals surface area contributed by atoms with E-state index in [1.807, 2.05) is 6.92 Å². The van der Waals surface area contributed by atoms with Gasteiger partial charge in [0.15, 0.2) is 5.82 Å². The number of rotatable bonds is 2. The summed E-state index contributed by atoms with van der Waals surface area (Å²) in [4.78, 5) is 4.13. The molecule has 0 aromatic carbocycles. The lowest BCUT2D eigenvalue weighted by Crippen LogP contribution is -2.42. The van der Waals surface area contributed by atoms with E-state index in [9.17, 15) is 0 Å². The van der Waals surface area contributed by atoms with Gasteiger partial charge in [-0.15, -0.1) is 0 Å². The van der Waals surface area contributed by atoms with Crippen molar-refractivity contribution in [2.45, 2.75) is 19.4 Å². The van der Waals surface area contributed by atoms with Crippen molar-refractivity contribution in [3.8, 4) is 0 Å². The molecule has 1 atom stereocenters. The molecule has 1 unspecified atom stereocenters. The molecule has 1 aliphatic rings. The van der Waals surface area contributed by atoms with E-state index in [4.69, 9.17) is 9.26 Å². The molecule has 0 aliphatic carbocycles. The minimum atomic E-state index is 0.314. The third kappa shape index (κ3) is 2.26. The number of hydrogen-bond acceptors (Lipinski definition) is 5. The standard InChI is InChI=1S/C8H13N3O2/c1-6-10-8(13-11-6)4-7-5-12-3-2-9-7/h7,9H,2-5H2,1H3. The Morgan fingerprint density at radius 1 is 1.62 bits per heavy atom. The highest BCUT2D eigenvalue weighted by atomic mass is 16.5. The molecule has 5 nitrogen and oxygen atoms in total. The first-order valence-electron chi connectivity index (χ1n) is 4.45. The van der Waals surface area contributed by atoms with Crippen molar-refractivity contribution in [1.82, 2.24) is 15.5 Å². The normalized spacial score (nSPS) is 23.3. The molecule has 1 aliphatic heterocycles. The van der Waals surface area contributed by atoms with Crippen LogP contribution in [0.5, 0.6) is 0 Å². The number of hydrogen-bond donors (Lipinski definition) is 1. The van der Waals surface area contributed by atoms with E-state index in [-0.39, 0.29) is 0 Å². The van der Waals surface area contributed by atoms with Crippen LogP contribution in [0.15, 0.2) is 4.52 Å². The van der Waals surface area contributed by atoms with Crippen LogP contribution in [0.2, 0.25) is 0 Å². The monoisotopic (exact) mass is 183 g/mol. The maximum absolute atomic E-state index is 5.31. The van der Waals surface area contributed by atoms with Crippen molar-refractivity contribution in [2.24, 2.45) is 0 Å². The highest BCUT2D eigenvalue weighted by Gasteiger charge is 2.16. The molecule has 0 spiro atoms. The van der Waals surface area contributed by atoms with Crippen LogP contribution in [0.3, 0.4) is 0 Å². The van der Waals surface area contributed by atoms with E-state index in [2.05, 4.69) is 15.5 Å². The van der Waals surface area contributed by atoms with Crippen molar-refractivity contribution in [1.29, 1.82) is 0 Å². The molecule has 0 amide bonds. The lowest BCUT2D eigenvalue weighted by molar-refractivity contribution is 0.0744. The Morgan fingerprint density at radius 2 is 2.54 bits per heavy atom. The summed E-state index contributed by atoms with van der Waals surface area (Å²) in [7, 11) is 0. The molecule has 72 valence electrons. The number of morpholine rings is 1. The summed E-state index contributed by atoms with van der Waals surface area (Å²) >= 11 is 0. The minimum Gasteiger partial charge on any atom is -0.378 e. The van der Waals surface area contributed by atoms with E-state index in [0.29, 0.717) is 17.8 Å². The maximum Gasteiger partial charge on any atom is 0.228 e. The SMILES string of the molecule is Cc1noc(CC2COCCN2)n1. The second-order valence-corrected chi connectivity index (χ2v) is 3.17. The molecule has 1 fully saturated rings. The second kappa shape index (κ2) is 3.85. The van der Waals surface area contributed by atoms with Crippen LogP contribution in [0.4, 0.5) is 0 Å². The third-order valence-electron chi connectivity index (χ3n) is 1.99. The highest BCUT2D eigenvalue weighted by molar-refractivity contribution is 4.88. The Kier molecular flexibility index (Phi) is 2.56. The van der Waals surface area contributed by atoms with Gasteiger partial charge in [-0.05, 0) is 6.92 Å². The Balaban J connectivity index is 1.89. The number of nitrogens with one attached hydrogen (secondary N) is 1. The van der Waals surface area contributed by atoms with Crippen LogP contribution in [0, 0.1) is 6.92 Å². The highest BCUT2D eigenvalue weighted by Crippen LogP contribution is 2.03. The lowest BCUT2D eigenvalue weighted by Gasteiger charge is -2.22. The van der Waals surface area contributed by atoms with E-state index in [0.717, 1.165) is 26.2 Å². The summed E-state index contributed by atoms with van der Waals surface area (Å²) in [5.74, 6) is 1.37. The van der Waals surface area contributed by atoms with Crippen molar-refractivity contribution >= 4 is 0 Å². The average molecular weight is 183 g/mol.